The predicted octanol–water partition coefficient (Wildman–Crippen LogP) is 4.96. The third-order valence-corrected chi connectivity index (χ3v) is 6.08. The van der Waals surface area contributed by atoms with Gasteiger partial charge in [0.15, 0.2) is 0 Å². The summed E-state index contributed by atoms with van der Waals surface area (Å²) in [4.78, 5) is 0.931. The molecule has 0 saturated heterocycles. The Morgan fingerprint density at radius 2 is 2.00 bits per heavy atom. The van der Waals surface area contributed by atoms with Crippen LogP contribution in [0.5, 0.6) is 0 Å². The first-order valence-electron chi connectivity index (χ1n) is 4.46. The molecule has 1 nitrogen and oxygen atoms in total. The molecule has 1 heterocycles. The van der Waals surface area contributed by atoms with Gasteiger partial charge in [0.1, 0.15) is 6.10 Å². The van der Waals surface area contributed by atoms with Crippen LogP contribution in [0.3, 0.4) is 0 Å². The second kappa shape index (κ2) is 5.48. The van der Waals surface area contributed by atoms with Crippen LogP contribution in [0.1, 0.15) is 16.5 Å². The molecule has 0 amide bonds. The summed E-state index contributed by atoms with van der Waals surface area (Å²) in [5.74, 6) is 0. The highest BCUT2D eigenvalue weighted by Gasteiger charge is 2.15. The Balaban J connectivity index is 2.35. The van der Waals surface area contributed by atoms with Gasteiger partial charge in [-0.15, -0.1) is 11.3 Å². The Hall–Kier alpha value is 0.570. The van der Waals surface area contributed by atoms with Crippen molar-refractivity contribution in [3.05, 3.63) is 52.6 Å². The fraction of sp³-hybridized carbons (Fsp3) is 0.0909. The first-order valence-corrected chi connectivity index (χ1v) is 7.94. The zero-order valence-corrected chi connectivity index (χ0v) is 14.1. The van der Waals surface area contributed by atoms with E-state index in [4.69, 9.17) is 0 Å². The predicted molar refractivity (Wildman–Crippen MR) is 82.9 cm³/mol. The van der Waals surface area contributed by atoms with Crippen LogP contribution in [-0.2, 0) is 0 Å². The van der Waals surface area contributed by atoms with Gasteiger partial charge in [0.25, 0.3) is 0 Å². The van der Waals surface area contributed by atoms with Gasteiger partial charge in [-0.05, 0) is 78.2 Å². The second-order valence-electron chi connectivity index (χ2n) is 3.23. The van der Waals surface area contributed by atoms with Crippen molar-refractivity contribution in [1.29, 1.82) is 0 Å². The van der Waals surface area contributed by atoms with Gasteiger partial charge in [0, 0.05) is 12.9 Å². The Bertz CT molecular complexity index is 493. The summed E-state index contributed by atoms with van der Waals surface area (Å²) < 4.78 is 3.12. The Labute approximate surface area is 128 Å². The average molecular weight is 474 g/mol. The van der Waals surface area contributed by atoms with Crippen LogP contribution in [0.25, 0.3) is 0 Å². The SMILES string of the molecule is OC(c1cccc(I)c1)c1cc(Br)c(Br)s1. The summed E-state index contributed by atoms with van der Waals surface area (Å²) in [5.41, 5.74) is 0.924. The number of benzene rings is 1. The number of hydrogen-bond donors (Lipinski definition) is 1. The molecule has 2 rings (SSSR count). The van der Waals surface area contributed by atoms with Crippen LogP contribution in [-0.4, -0.2) is 5.11 Å². The van der Waals surface area contributed by atoms with Crippen molar-refractivity contribution >= 4 is 65.8 Å². The number of hydrogen-bond acceptors (Lipinski definition) is 2. The summed E-state index contributed by atoms with van der Waals surface area (Å²) in [5, 5.41) is 10.2. The highest BCUT2D eigenvalue weighted by atomic mass is 127. The lowest BCUT2D eigenvalue weighted by atomic mass is 10.1. The van der Waals surface area contributed by atoms with Crippen molar-refractivity contribution in [3.63, 3.8) is 0 Å². The number of thiophene rings is 1. The Kier molecular flexibility index (Phi) is 4.45. The lowest BCUT2D eigenvalue weighted by Crippen LogP contribution is -1.96. The van der Waals surface area contributed by atoms with E-state index in [2.05, 4.69) is 54.5 Å². The molecule has 1 unspecified atom stereocenters. The molecule has 0 bridgehead atoms. The molecule has 2 aromatic rings. The topological polar surface area (TPSA) is 20.2 Å². The van der Waals surface area contributed by atoms with Crippen molar-refractivity contribution < 1.29 is 5.11 Å². The third kappa shape index (κ3) is 2.87. The highest BCUT2D eigenvalue weighted by molar-refractivity contribution is 14.1. The van der Waals surface area contributed by atoms with Crippen molar-refractivity contribution in [2.75, 3.05) is 0 Å². The van der Waals surface area contributed by atoms with E-state index >= 15 is 0 Å². The van der Waals surface area contributed by atoms with Crippen molar-refractivity contribution in [2.45, 2.75) is 6.10 Å². The minimum atomic E-state index is -0.553. The lowest BCUT2D eigenvalue weighted by molar-refractivity contribution is 0.224. The van der Waals surface area contributed by atoms with E-state index in [1.807, 2.05) is 30.3 Å². The molecule has 0 aliphatic rings. The maximum absolute atomic E-state index is 10.2. The summed E-state index contributed by atoms with van der Waals surface area (Å²) in [6.45, 7) is 0. The van der Waals surface area contributed by atoms with Crippen molar-refractivity contribution in [2.24, 2.45) is 0 Å². The number of rotatable bonds is 2. The van der Waals surface area contributed by atoms with Gasteiger partial charge in [-0.25, -0.2) is 0 Å². The molecule has 84 valence electrons. The molecule has 16 heavy (non-hydrogen) atoms. The van der Waals surface area contributed by atoms with Gasteiger partial charge < -0.3 is 5.11 Å². The van der Waals surface area contributed by atoms with Crippen LogP contribution in [0.4, 0.5) is 0 Å². The summed E-state index contributed by atoms with van der Waals surface area (Å²) in [7, 11) is 0. The summed E-state index contributed by atoms with van der Waals surface area (Å²) in [6, 6.07) is 9.84. The number of aliphatic hydroxyl groups is 1. The smallest absolute Gasteiger partial charge is 0.113 e. The molecule has 0 radical (unpaired) electrons. The molecular formula is C11H7Br2IOS. The van der Waals surface area contributed by atoms with E-state index in [9.17, 15) is 5.11 Å². The average Bonchev–Trinajstić information content (AvgIpc) is 2.58. The third-order valence-electron chi connectivity index (χ3n) is 2.10. The quantitative estimate of drug-likeness (QED) is 0.611. The van der Waals surface area contributed by atoms with Crippen molar-refractivity contribution in [1.82, 2.24) is 0 Å². The van der Waals surface area contributed by atoms with Gasteiger partial charge in [-0.2, -0.15) is 0 Å². The van der Waals surface area contributed by atoms with E-state index in [0.29, 0.717) is 0 Å². The normalized spacial score (nSPS) is 12.8. The fourth-order valence-electron chi connectivity index (χ4n) is 1.34. The number of aliphatic hydroxyl groups excluding tert-OH is 1. The molecule has 1 aromatic heterocycles. The monoisotopic (exact) mass is 472 g/mol. The minimum absolute atomic E-state index is 0.553. The fourth-order valence-corrected chi connectivity index (χ4v) is 4.01. The first-order chi connectivity index (χ1) is 7.58. The van der Waals surface area contributed by atoms with Gasteiger partial charge in [0.05, 0.1) is 3.79 Å². The molecule has 1 N–H and O–H groups in total. The standard InChI is InChI=1S/C11H7Br2IOS/c12-8-5-9(16-11(8)13)10(15)6-2-1-3-7(14)4-6/h1-5,10,15H. The molecular weight excluding hydrogens is 467 g/mol. The van der Waals surface area contributed by atoms with E-state index in [0.717, 1.165) is 22.3 Å². The first kappa shape index (κ1) is 13.0. The largest absolute Gasteiger partial charge is 0.383 e. The van der Waals surface area contributed by atoms with Gasteiger partial charge in [-0.3, -0.25) is 0 Å². The molecule has 1 aromatic carbocycles. The lowest BCUT2D eigenvalue weighted by Gasteiger charge is -2.08. The summed E-state index contributed by atoms with van der Waals surface area (Å²) in [6.07, 6.45) is -0.553. The maximum Gasteiger partial charge on any atom is 0.113 e. The second-order valence-corrected chi connectivity index (χ2v) is 7.73. The van der Waals surface area contributed by atoms with Crippen LogP contribution < -0.4 is 0 Å². The van der Waals surface area contributed by atoms with Crippen LogP contribution >= 0.6 is 65.8 Å². The molecule has 0 saturated carbocycles. The van der Waals surface area contributed by atoms with Gasteiger partial charge in [0.2, 0.25) is 0 Å². The van der Waals surface area contributed by atoms with Crippen LogP contribution in [0.2, 0.25) is 0 Å². The molecule has 0 spiro atoms. The van der Waals surface area contributed by atoms with E-state index in [-0.39, 0.29) is 0 Å². The van der Waals surface area contributed by atoms with E-state index in [1.54, 1.807) is 11.3 Å². The van der Waals surface area contributed by atoms with Gasteiger partial charge in [-0.1, -0.05) is 12.1 Å². The molecule has 0 fully saturated rings. The van der Waals surface area contributed by atoms with Crippen LogP contribution in [0, 0.1) is 3.57 Å². The zero-order valence-electron chi connectivity index (χ0n) is 7.95. The molecule has 1 atom stereocenters. The molecule has 5 heteroatoms. The molecule has 0 aliphatic heterocycles. The maximum atomic E-state index is 10.2. The van der Waals surface area contributed by atoms with Crippen molar-refractivity contribution in [3.8, 4) is 0 Å². The molecule has 0 aliphatic carbocycles. The van der Waals surface area contributed by atoms with Gasteiger partial charge >= 0.3 is 0 Å². The number of halogens is 3. The highest BCUT2D eigenvalue weighted by Crippen LogP contribution is 2.37. The van der Waals surface area contributed by atoms with E-state index in [1.165, 1.54) is 0 Å². The Morgan fingerprint density at radius 1 is 1.25 bits per heavy atom. The zero-order chi connectivity index (χ0) is 11.7. The minimum Gasteiger partial charge on any atom is -0.383 e. The Morgan fingerprint density at radius 3 is 2.56 bits per heavy atom. The summed E-state index contributed by atoms with van der Waals surface area (Å²) >= 11 is 10.6. The van der Waals surface area contributed by atoms with Crippen LogP contribution in [0.15, 0.2) is 38.6 Å². The van der Waals surface area contributed by atoms with E-state index < -0.39 is 6.10 Å².